The zero-order chi connectivity index (χ0) is 17.2. The van der Waals surface area contributed by atoms with Gasteiger partial charge in [-0.15, -0.1) is 0 Å². The van der Waals surface area contributed by atoms with Crippen LogP contribution in [0.25, 0.3) is 0 Å². The van der Waals surface area contributed by atoms with E-state index in [1.54, 1.807) is 0 Å². The van der Waals surface area contributed by atoms with Crippen LogP contribution in [0.5, 0.6) is 0 Å². The lowest BCUT2D eigenvalue weighted by molar-refractivity contribution is -0.123. The average Bonchev–Trinajstić information content (AvgIpc) is 2.48. The van der Waals surface area contributed by atoms with Crippen LogP contribution in [0.15, 0.2) is 18.2 Å². The molecule has 1 aromatic carbocycles. The first-order valence-corrected chi connectivity index (χ1v) is 8.72. The summed E-state index contributed by atoms with van der Waals surface area (Å²) in [6.45, 7) is 11.0. The molecule has 0 unspecified atom stereocenters. The molecule has 1 aliphatic heterocycles. The third-order valence-corrected chi connectivity index (χ3v) is 5.02. The second-order valence-corrected chi connectivity index (χ2v) is 7.52. The van der Waals surface area contributed by atoms with Crippen LogP contribution in [0.1, 0.15) is 70.4 Å². The van der Waals surface area contributed by atoms with E-state index < -0.39 is 0 Å². The van der Waals surface area contributed by atoms with E-state index in [0.29, 0.717) is 5.92 Å². The number of anilines is 1. The molecule has 0 saturated heterocycles. The highest BCUT2D eigenvalue weighted by molar-refractivity contribution is 5.86. The summed E-state index contributed by atoms with van der Waals surface area (Å²) in [6.07, 6.45) is 3.94. The van der Waals surface area contributed by atoms with Crippen LogP contribution in [0, 0.1) is 6.92 Å². The molecule has 0 radical (unpaired) electrons. The molecule has 1 heterocycles. The standard InChI is InChI=1S/C19H31N3O/c1-6-7-8-16(18(23)21-20)22-17-11-13(2)9-10-15(17)14(3)12-19(22,4)5/h9-11,14,16H,6-8,12,20H2,1-5H3,(H,21,23)/t14-,16-/m0/s1. The third-order valence-electron chi connectivity index (χ3n) is 5.02. The van der Waals surface area contributed by atoms with Crippen LogP contribution in [0.3, 0.4) is 0 Å². The van der Waals surface area contributed by atoms with E-state index in [2.05, 4.69) is 63.1 Å². The van der Waals surface area contributed by atoms with Crippen LogP contribution < -0.4 is 16.2 Å². The van der Waals surface area contributed by atoms with Crippen molar-refractivity contribution >= 4 is 11.6 Å². The predicted molar refractivity (Wildman–Crippen MR) is 96.4 cm³/mol. The van der Waals surface area contributed by atoms with Crippen LogP contribution in [-0.2, 0) is 4.79 Å². The maximum Gasteiger partial charge on any atom is 0.256 e. The van der Waals surface area contributed by atoms with E-state index in [1.165, 1.54) is 16.8 Å². The first-order chi connectivity index (χ1) is 10.8. The first-order valence-electron chi connectivity index (χ1n) is 8.72. The summed E-state index contributed by atoms with van der Waals surface area (Å²) in [6, 6.07) is 6.38. The number of carbonyl (C=O) groups is 1. The monoisotopic (exact) mass is 317 g/mol. The topological polar surface area (TPSA) is 58.4 Å². The van der Waals surface area contributed by atoms with Gasteiger partial charge in [-0.2, -0.15) is 0 Å². The normalized spacial score (nSPS) is 20.8. The number of unbranched alkanes of at least 4 members (excludes halogenated alkanes) is 1. The maximum atomic E-state index is 12.5. The fourth-order valence-electron chi connectivity index (χ4n) is 4.02. The van der Waals surface area contributed by atoms with Gasteiger partial charge in [0.05, 0.1) is 0 Å². The number of nitrogens with zero attached hydrogens (tertiary/aromatic N) is 1. The van der Waals surface area contributed by atoms with Crippen molar-refractivity contribution in [2.45, 2.75) is 77.8 Å². The Hall–Kier alpha value is -1.55. The van der Waals surface area contributed by atoms with Gasteiger partial charge in [-0.3, -0.25) is 10.2 Å². The van der Waals surface area contributed by atoms with Crippen LogP contribution in [0.4, 0.5) is 5.69 Å². The molecule has 23 heavy (non-hydrogen) atoms. The highest BCUT2D eigenvalue weighted by Crippen LogP contribution is 2.45. The molecule has 0 aromatic heterocycles. The molecule has 1 aliphatic rings. The van der Waals surface area contributed by atoms with Crippen LogP contribution in [0.2, 0.25) is 0 Å². The van der Waals surface area contributed by atoms with Crippen molar-refractivity contribution < 1.29 is 4.79 Å². The second-order valence-electron chi connectivity index (χ2n) is 7.52. The van der Waals surface area contributed by atoms with Gasteiger partial charge in [-0.1, -0.05) is 38.8 Å². The van der Waals surface area contributed by atoms with Gasteiger partial charge in [-0.05, 0) is 56.7 Å². The number of nitrogens with two attached hydrogens (primary N) is 1. The maximum absolute atomic E-state index is 12.5. The number of benzene rings is 1. The number of amides is 1. The van der Waals surface area contributed by atoms with Gasteiger partial charge < -0.3 is 4.90 Å². The van der Waals surface area contributed by atoms with E-state index in [4.69, 9.17) is 5.84 Å². The Kier molecular flexibility index (Phi) is 5.35. The van der Waals surface area contributed by atoms with Gasteiger partial charge in [0, 0.05) is 11.2 Å². The highest BCUT2D eigenvalue weighted by Gasteiger charge is 2.42. The molecule has 0 fully saturated rings. The number of rotatable bonds is 5. The Labute approximate surface area is 140 Å². The largest absolute Gasteiger partial charge is 0.354 e. The molecule has 1 amide bonds. The van der Waals surface area contributed by atoms with Gasteiger partial charge in [0.1, 0.15) is 6.04 Å². The van der Waals surface area contributed by atoms with E-state index in [9.17, 15) is 4.79 Å². The molecule has 128 valence electrons. The van der Waals surface area contributed by atoms with E-state index in [-0.39, 0.29) is 17.5 Å². The number of hydrazine groups is 1. The third kappa shape index (κ3) is 3.52. The molecule has 4 heteroatoms. The summed E-state index contributed by atoms with van der Waals surface area (Å²) in [4.78, 5) is 14.8. The quantitative estimate of drug-likeness (QED) is 0.495. The van der Waals surface area contributed by atoms with Crippen LogP contribution in [-0.4, -0.2) is 17.5 Å². The van der Waals surface area contributed by atoms with Crippen molar-refractivity contribution in [3.8, 4) is 0 Å². The zero-order valence-electron chi connectivity index (χ0n) is 15.1. The Morgan fingerprint density at radius 3 is 2.78 bits per heavy atom. The summed E-state index contributed by atoms with van der Waals surface area (Å²) in [5, 5.41) is 0. The molecule has 2 atom stereocenters. The molecule has 0 spiro atoms. The SMILES string of the molecule is CCCC[C@@H](C(=O)NN)N1c2cc(C)ccc2[C@@H](C)CC1(C)C. The van der Waals surface area contributed by atoms with Crippen molar-refractivity contribution in [1.82, 2.24) is 5.43 Å². The van der Waals surface area contributed by atoms with Crippen LogP contribution >= 0.6 is 0 Å². The second kappa shape index (κ2) is 6.91. The molecular formula is C19H31N3O. The fraction of sp³-hybridized carbons (Fsp3) is 0.632. The number of fused-ring (bicyclic) bond motifs is 1. The Morgan fingerprint density at radius 1 is 1.48 bits per heavy atom. The zero-order valence-corrected chi connectivity index (χ0v) is 15.1. The molecule has 0 aliphatic carbocycles. The van der Waals surface area contributed by atoms with E-state index in [0.717, 1.165) is 25.7 Å². The Morgan fingerprint density at radius 2 is 2.17 bits per heavy atom. The first kappa shape index (κ1) is 17.8. The molecular weight excluding hydrogens is 286 g/mol. The van der Waals surface area contributed by atoms with Crippen molar-refractivity contribution in [1.29, 1.82) is 0 Å². The van der Waals surface area contributed by atoms with E-state index >= 15 is 0 Å². The van der Waals surface area contributed by atoms with Crippen molar-refractivity contribution in [2.24, 2.45) is 5.84 Å². The number of nitrogens with one attached hydrogen (secondary N) is 1. The number of carbonyl (C=O) groups excluding carboxylic acids is 1. The summed E-state index contributed by atoms with van der Waals surface area (Å²) in [5.74, 6) is 5.89. The Balaban J connectivity index is 2.53. The van der Waals surface area contributed by atoms with Gasteiger partial charge in [-0.25, -0.2) is 5.84 Å². The lowest BCUT2D eigenvalue weighted by Gasteiger charge is -2.50. The summed E-state index contributed by atoms with van der Waals surface area (Å²) in [7, 11) is 0. The van der Waals surface area contributed by atoms with Gasteiger partial charge in [0.15, 0.2) is 0 Å². The molecule has 4 nitrogen and oxygen atoms in total. The molecule has 0 bridgehead atoms. The molecule has 1 aromatic rings. The summed E-state index contributed by atoms with van der Waals surface area (Å²) >= 11 is 0. The molecule has 3 N–H and O–H groups in total. The van der Waals surface area contributed by atoms with Gasteiger partial charge in [0.2, 0.25) is 0 Å². The van der Waals surface area contributed by atoms with Gasteiger partial charge >= 0.3 is 0 Å². The molecule has 2 rings (SSSR count). The fourth-order valence-corrected chi connectivity index (χ4v) is 4.02. The predicted octanol–water partition coefficient (Wildman–Crippen LogP) is 3.64. The summed E-state index contributed by atoms with van der Waals surface area (Å²) in [5.41, 5.74) is 6.06. The number of hydrogen-bond donors (Lipinski definition) is 2. The number of aryl methyl sites for hydroxylation is 1. The van der Waals surface area contributed by atoms with Crippen molar-refractivity contribution in [3.05, 3.63) is 29.3 Å². The smallest absolute Gasteiger partial charge is 0.256 e. The van der Waals surface area contributed by atoms with Crippen molar-refractivity contribution in [2.75, 3.05) is 4.90 Å². The minimum atomic E-state index is -0.219. The molecule has 0 saturated carbocycles. The lowest BCUT2D eigenvalue weighted by atomic mass is 9.78. The van der Waals surface area contributed by atoms with Crippen molar-refractivity contribution in [3.63, 3.8) is 0 Å². The summed E-state index contributed by atoms with van der Waals surface area (Å²) < 4.78 is 0. The number of hydrogen-bond acceptors (Lipinski definition) is 3. The van der Waals surface area contributed by atoms with E-state index in [1.807, 2.05) is 0 Å². The van der Waals surface area contributed by atoms with Gasteiger partial charge in [0.25, 0.3) is 5.91 Å². The minimum Gasteiger partial charge on any atom is -0.354 e. The average molecular weight is 317 g/mol. The minimum absolute atomic E-state index is 0.0782. The Bertz CT molecular complexity index is 568. The lowest BCUT2D eigenvalue weighted by Crippen LogP contribution is -2.59. The highest BCUT2D eigenvalue weighted by atomic mass is 16.2.